The first-order valence-corrected chi connectivity index (χ1v) is 9.78. The first-order valence-electron chi connectivity index (χ1n) is 7.80. The highest BCUT2D eigenvalue weighted by Gasteiger charge is 2.28. The monoisotopic (exact) mass is 379 g/mol. The maximum atomic E-state index is 12.2. The molecule has 6 nitrogen and oxygen atoms in total. The minimum absolute atomic E-state index is 0.152. The minimum atomic E-state index is -3.26. The van der Waals surface area contributed by atoms with Crippen molar-refractivity contribution in [2.45, 2.75) is 13.3 Å². The molecule has 2 aromatic carbocycles. The van der Waals surface area contributed by atoms with Crippen LogP contribution in [0.15, 0.2) is 42.5 Å². The van der Waals surface area contributed by atoms with E-state index in [2.05, 4.69) is 10.6 Å². The Labute approximate surface area is 151 Å². The van der Waals surface area contributed by atoms with Crippen molar-refractivity contribution in [1.82, 2.24) is 0 Å². The van der Waals surface area contributed by atoms with Gasteiger partial charge in [0.1, 0.15) is 0 Å². The van der Waals surface area contributed by atoms with Gasteiger partial charge in [-0.3, -0.25) is 4.31 Å². The molecular weight excluding hydrogens is 362 g/mol. The summed E-state index contributed by atoms with van der Waals surface area (Å²) in [5.74, 6) is 0.152. The van der Waals surface area contributed by atoms with Crippen LogP contribution in [0.3, 0.4) is 0 Å². The zero-order valence-corrected chi connectivity index (χ0v) is 15.2. The molecule has 25 heavy (non-hydrogen) atoms. The number of hydrogen-bond acceptors (Lipinski definition) is 3. The van der Waals surface area contributed by atoms with Crippen LogP contribution in [0.1, 0.15) is 12.0 Å². The topological polar surface area (TPSA) is 78.5 Å². The largest absolute Gasteiger partial charge is 0.323 e. The van der Waals surface area contributed by atoms with Gasteiger partial charge in [-0.1, -0.05) is 23.7 Å². The standard InChI is InChI=1S/C17H18ClN3O3S/c1-12-6-7-15(21-8-3-9-25(21,23)24)11-16(12)20-17(22)19-14-5-2-4-13(18)10-14/h2,4-7,10-11H,3,8-9H2,1H3,(H2,19,20,22). The molecule has 0 bridgehead atoms. The molecule has 1 heterocycles. The predicted molar refractivity (Wildman–Crippen MR) is 101 cm³/mol. The van der Waals surface area contributed by atoms with E-state index in [0.717, 1.165) is 5.56 Å². The summed E-state index contributed by atoms with van der Waals surface area (Å²) in [6.07, 6.45) is 0.605. The molecular formula is C17H18ClN3O3S. The zero-order valence-electron chi connectivity index (χ0n) is 13.6. The smallest absolute Gasteiger partial charge is 0.308 e. The lowest BCUT2D eigenvalue weighted by Gasteiger charge is -2.19. The molecule has 0 unspecified atom stereocenters. The minimum Gasteiger partial charge on any atom is -0.308 e. The number of aryl methyl sites for hydroxylation is 1. The van der Waals surface area contributed by atoms with E-state index < -0.39 is 16.1 Å². The van der Waals surface area contributed by atoms with E-state index in [4.69, 9.17) is 11.6 Å². The van der Waals surface area contributed by atoms with Gasteiger partial charge in [0.25, 0.3) is 0 Å². The van der Waals surface area contributed by atoms with Gasteiger partial charge in [0, 0.05) is 22.9 Å². The zero-order chi connectivity index (χ0) is 18.0. The SMILES string of the molecule is Cc1ccc(N2CCCS2(=O)=O)cc1NC(=O)Nc1cccc(Cl)c1. The number of amides is 2. The van der Waals surface area contributed by atoms with Crippen molar-refractivity contribution < 1.29 is 13.2 Å². The Hall–Kier alpha value is -2.25. The molecule has 0 atom stereocenters. The third-order valence-corrected chi connectivity index (χ3v) is 6.04. The molecule has 1 saturated heterocycles. The van der Waals surface area contributed by atoms with Gasteiger partial charge < -0.3 is 10.6 Å². The maximum Gasteiger partial charge on any atom is 0.323 e. The molecule has 0 aromatic heterocycles. The Bertz CT molecular complexity index is 915. The van der Waals surface area contributed by atoms with E-state index in [1.807, 2.05) is 6.92 Å². The lowest BCUT2D eigenvalue weighted by Crippen LogP contribution is -2.25. The van der Waals surface area contributed by atoms with Crippen LogP contribution in [0.4, 0.5) is 21.9 Å². The highest BCUT2D eigenvalue weighted by atomic mass is 35.5. The Kier molecular flexibility index (Phi) is 4.87. The second kappa shape index (κ2) is 6.93. The number of sulfonamides is 1. The molecule has 8 heteroatoms. The summed E-state index contributed by atoms with van der Waals surface area (Å²) >= 11 is 5.90. The van der Waals surface area contributed by atoms with E-state index >= 15 is 0 Å². The van der Waals surface area contributed by atoms with Gasteiger partial charge in [0.15, 0.2) is 0 Å². The van der Waals surface area contributed by atoms with Crippen LogP contribution in [-0.2, 0) is 10.0 Å². The summed E-state index contributed by atoms with van der Waals surface area (Å²) in [7, 11) is -3.26. The van der Waals surface area contributed by atoms with E-state index in [-0.39, 0.29) is 5.75 Å². The van der Waals surface area contributed by atoms with E-state index in [9.17, 15) is 13.2 Å². The second-order valence-corrected chi connectivity index (χ2v) is 8.28. The van der Waals surface area contributed by atoms with Crippen LogP contribution in [0.25, 0.3) is 0 Å². The molecule has 0 aliphatic carbocycles. The number of carbonyl (C=O) groups excluding carboxylic acids is 1. The van der Waals surface area contributed by atoms with E-state index in [1.165, 1.54) is 4.31 Å². The molecule has 2 aromatic rings. The lowest BCUT2D eigenvalue weighted by molar-refractivity contribution is 0.262. The van der Waals surface area contributed by atoms with Gasteiger partial charge in [-0.2, -0.15) is 0 Å². The van der Waals surface area contributed by atoms with Crippen LogP contribution in [0.5, 0.6) is 0 Å². The fourth-order valence-electron chi connectivity index (χ4n) is 2.68. The van der Waals surface area contributed by atoms with Crippen LogP contribution < -0.4 is 14.9 Å². The molecule has 1 aliphatic heterocycles. The molecule has 3 rings (SSSR count). The van der Waals surface area contributed by atoms with Crippen molar-refractivity contribution in [1.29, 1.82) is 0 Å². The molecule has 1 aliphatic rings. The summed E-state index contributed by atoms with van der Waals surface area (Å²) in [6, 6.07) is 11.6. The summed E-state index contributed by atoms with van der Waals surface area (Å²) in [4.78, 5) is 12.2. The van der Waals surface area contributed by atoms with Crippen molar-refractivity contribution in [2.75, 3.05) is 27.2 Å². The Morgan fingerprint density at radius 1 is 1.16 bits per heavy atom. The van der Waals surface area contributed by atoms with Gasteiger partial charge in [0.2, 0.25) is 10.0 Å². The molecule has 132 valence electrons. The third kappa shape index (κ3) is 4.05. The van der Waals surface area contributed by atoms with Crippen LogP contribution in [0, 0.1) is 6.92 Å². The van der Waals surface area contributed by atoms with Crippen molar-refractivity contribution >= 4 is 44.7 Å². The van der Waals surface area contributed by atoms with Gasteiger partial charge in [-0.25, -0.2) is 13.2 Å². The highest BCUT2D eigenvalue weighted by Crippen LogP contribution is 2.28. The molecule has 2 N–H and O–H groups in total. The quantitative estimate of drug-likeness (QED) is 0.850. The molecule has 0 saturated carbocycles. The van der Waals surface area contributed by atoms with Crippen molar-refractivity contribution in [3.8, 4) is 0 Å². The molecule has 2 amide bonds. The summed E-state index contributed by atoms with van der Waals surface area (Å²) in [6.45, 7) is 2.30. The van der Waals surface area contributed by atoms with E-state index in [1.54, 1.807) is 42.5 Å². The Morgan fingerprint density at radius 2 is 1.96 bits per heavy atom. The molecule has 0 radical (unpaired) electrons. The number of benzene rings is 2. The van der Waals surface area contributed by atoms with Crippen LogP contribution in [0.2, 0.25) is 5.02 Å². The average Bonchev–Trinajstić information content (AvgIpc) is 2.89. The molecule has 0 spiro atoms. The van der Waals surface area contributed by atoms with Crippen LogP contribution in [-0.4, -0.2) is 26.7 Å². The van der Waals surface area contributed by atoms with Gasteiger partial charge in [0.05, 0.1) is 11.4 Å². The van der Waals surface area contributed by atoms with Crippen molar-refractivity contribution in [2.24, 2.45) is 0 Å². The second-order valence-electron chi connectivity index (χ2n) is 5.83. The number of halogens is 1. The van der Waals surface area contributed by atoms with Crippen molar-refractivity contribution in [3.63, 3.8) is 0 Å². The van der Waals surface area contributed by atoms with Gasteiger partial charge in [-0.15, -0.1) is 0 Å². The summed E-state index contributed by atoms with van der Waals surface area (Å²) < 4.78 is 25.5. The van der Waals surface area contributed by atoms with Gasteiger partial charge >= 0.3 is 6.03 Å². The summed E-state index contributed by atoms with van der Waals surface area (Å²) in [5.41, 5.74) is 2.52. The van der Waals surface area contributed by atoms with Crippen molar-refractivity contribution in [3.05, 3.63) is 53.1 Å². The number of carbonyl (C=O) groups is 1. The fraction of sp³-hybridized carbons (Fsp3) is 0.235. The van der Waals surface area contributed by atoms with E-state index in [0.29, 0.717) is 35.1 Å². The molecule has 1 fully saturated rings. The Morgan fingerprint density at radius 3 is 2.64 bits per heavy atom. The third-order valence-electron chi connectivity index (χ3n) is 3.94. The fourth-order valence-corrected chi connectivity index (χ4v) is 4.43. The normalized spacial score (nSPS) is 15.8. The maximum absolute atomic E-state index is 12.2. The first kappa shape index (κ1) is 17.6. The first-order chi connectivity index (χ1) is 11.8. The number of nitrogens with one attached hydrogen (secondary N) is 2. The number of nitrogens with zero attached hydrogens (tertiary/aromatic N) is 1. The number of hydrogen-bond donors (Lipinski definition) is 2. The lowest BCUT2D eigenvalue weighted by atomic mass is 10.2. The number of anilines is 3. The Balaban J connectivity index is 1.78. The number of rotatable bonds is 3. The number of urea groups is 1. The van der Waals surface area contributed by atoms with Gasteiger partial charge in [-0.05, 0) is 49.2 Å². The summed E-state index contributed by atoms with van der Waals surface area (Å²) in [5, 5.41) is 5.98. The average molecular weight is 380 g/mol. The highest BCUT2D eigenvalue weighted by molar-refractivity contribution is 7.93. The predicted octanol–water partition coefficient (Wildman–Crippen LogP) is 3.83. The van der Waals surface area contributed by atoms with Crippen LogP contribution >= 0.6 is 11.6 Å².